The lowest BCUT2D eigenvalue weighted by atomic mass is 10.1. The van der Waals surface area contributed by atoms with Crippen LogP contribution < -0.4 is 11.1 Å². The van der Waals surface area contributed by atoms with E-state index in [1.165, 1.54) is 5.56 Å². The van der Waals surface area contributed by atoms with Crippen LogP contribution in [0.5, 0.6) is 0 Å². The molecule has 1 amide bonds. The standard InChI is InChI=1S/C15H23N3O.ClH/c1-10-6-11(2)15(12(3)7-10)17-14(19)9-18-5-4-13(16)8-18;/h6-7,13H,4-5,8-9,16H2,1-3H3,(H,17,19);1H/t13-;/m1./s1. The van der Waals surface area contributed by atoms with Crippen molar-refractivity contribution in [2.75, 3.05) is 25.0 Å². The molecule has 3 N–H and O–H groups in total. The molecule has 2 rings (SSSR count). The zero-order valence-electron chi connectivity index (χ0n) is 12.4. The van der Waals surface area contributed by atoms with Gasteiger partial charge in [-0.05, 0) is 38.3 Å². The van der Waals surface area contributed by atoms with Gasteiger partial charge in [0.15, 0.2) is 0 Å². The highest BCUT2D eigenvalue weighted by atomic mass is 35.5. The number of benzene rings is 1. The Morgan fingerprint density at radius 2 is 1.95 bits per heavy atom. The molecule has 0 radical (unpaired) electrons. The Balaban J connectivity index is 0.00000200. The lowest BCUT2D eigenvalue weighted by molar-refractivity contribution is -0.117. The number of nitrogens with two attached hydrogens (primary N) is 1. The van der Waals surface area contributed by atoms with Crippen molar-refractivity contribution in [3.8, 4) is 0 Å². The molecule has 112 valence electrons. The predicted molar refractivity (Wildman–Crippen MR) is 85.6 cm³/mol. The molecule has 1 aromatic rings. The van der Waals surface area contributed by atoms with Crippen molar-refractivity contribution in [1.82, 2.24) is 4.90 Å². The number of rotatable bonds is 3. The molecule has 0 saturated carbocycles. The quantitative estimate of drug-likeness (QED) is 0.897. The Morgan fingerprint density at radius 1 is 1.35 bits per heavy atom. The lowest BCUT2D eigenvalue weighted by Gasteiger charge is -2.17. The van der Waals surface area contributed by atoms with Crippen molar-refractivity contribution in [3.63, 3.8) is 0 Å². The molecule has 5 heteroatoms. The summed E-state index contributed by atoms with van der Waals surface area (Å²) in [5, 5.41) is 3.03. The average Bonchev–Trinajstić information content (AvgIpc) is 2.69. The Hall–Kier alpha value is -1.10. The maximum atomic E-state index is 12.1. The minimum atomic E-state index is 0. The van der Waals surface area contributed by atoms with Crippen molar-refractivity contribution >= 4 is 24.0 Å². The Kier molecular flexibility index (Phi) is 5.99. The number of nitrogens with zero attached hydrogens (tertiary/aromatic N) is 1. The number of carbonyl (C=O) groups excluding carboxylic acids is 1. The summed E-state index contributed by atoms with van der Waals surface area (Å²) in [5.41, 5.74) is 10.2. The van der Waals surface area contributed by atoms with Gasteiger partial charge in [0.2, 0.25) is 5.91 Å². The van der Waals surface area contributed by atoms with Gasteiger partial charge in [0.25, 0.3) is 0 Å². The number of anilines is 1. The summed E-state index contributed by atoms with van der Waals surface area (Å²) in [6, 6.07) is 4.40. The number of nitrogens with one attached hydrogen (secondary N) is 1. The summed E-state index contributed by atoms with van der Waals surface area (Å²) in [6.45, 7) is 8.29. The van der Waals surface area contributed by atoms with E-state index < -0.39 is 0 Å². The van der Waals surface area contributed by atoms with E-state index in [0.717, 1.165) is 36.3 Å². The van der Waals surface area contributed by atoms with E-state index in [4.69, 9.17) is 5.73 Å². The fourth-order valence-electron chi connectivity index (χ4n) is 2.77. The smallest absolute Gasteiger partial charge is 0.238 e. The SMILES string of the molecule is Cc1cc(C)c(NC(=O)CN2CC[C@@H](N)C2)c(C)c1.Cl. The lowest BCUT2D eigenvalue weighted by Crippen LogP contribution is -2.34. The molecule has 4 nitrogen and oxygen atoms in total. The number of hydrogen-bond donors (Lipinski definition) is 2. The van der Waals surface area contributed by atoms with Crippen LogP contribution in [0.4, 0.5) is 5.69 Å². The Morgan fingerprint density at radius 3 is 2.45 bits per heavy atom. The second-order valence-corrected chi connectivity index (χ2v) is 5.61. The van der Waals surface area contributed by atoms with Crippen LogP contribution in [0, 0.1) is 20.8 Å². The molecule has 1 fully saturated rings. The van der Waals surface area contributed by atoms with E-state index in [0.29, 0.717) is 6.54 Å². The summed E-state index contributed by atoms with van der Waals surface area (Å²) in [7, 11) is 0. The van der Waals surface area contributed by atoms with E-state index in [9.17, 15) is 4.79 Å². The first kappa shape index (κ1) is 17.0. The van der Waals surface area contributed by atoms with Gasteiger partial charge in [0, 0.05) is 24.8 Å². The van der Waals surface area contributed by atoms with Crippen LogP contribution in [-0.2, 0) is 4.79 Å². The largest absolute Gasteiger partial charge is 0.326 e. The number of likely N-dealkylation sites (tertiary alicyclic amines) is 1. The molecule has 1 aromatic carbocycles. The molecule has 1 saturated heterocycles. The van der Waals surface area contributed by atoms with Crippen LogP contribution in [0.2, 0.25) is 0 Å². The molecule has 0 aromatic heterocycles. The van der Waals surface area contributed by atoms with Crippen LogP contribution in [0.3, 0.4) is 0 Å². The van der Waals surface area contributed by atoms with Gasteiger partial charge in [-0.25, -0.2) is 0 Å². The third-order valence-electron chi connectivity index (χ3n) is 3.62. The normalized spacial score (nSPS) is 18.7. The summed E-state index contributed by atoms with van der Waals surface area (Å²) in [4.78, 5) is 14.2. The summed E-state index contributed by atoms with van der Waals surface area (Å²) >= 11 is 0. The molecule has 1 aliphatic rings. The zero-order chi connectivity index (χ0) is 14.0. The molecule has 0 unspecified atom stereocenters. The van der Waals surface area contributed by atoms with Crippen LogP contribution in [0.1, 0.15) is 23.1 Å². The molecule has 1 heterocycles. The topological polar surface area (TPSA) is 58.4 Å². The van der Waals surface area contributed by atoms with E-state index >= 15 is 0 Å². The third kappa shape index (κ3) is 4.20. The fourth-order valence-corrected chi connectivity index (χ4v) is 2.77. The number of carbonyl (C=O) groups is 1. The summed E-state index contributed by atoms with van der Waals surface area (Å²) in [5.74, 6) is 0.0455. The fraction of sp³-hybridized carbons (Fsp3) is 0.533. The molecule has 1 aliphatic heterocycles. The van der Waals surface area contributed by atoms with Gasteiger partial charge in [0.05, 0.1) is 6.54 Å². The number of halogens is 1. The van der Waals surface area contributed by atoms with Crippen molar-refractivity contribution in [2.45, 2.75) is 33.2 Å². The highest BCUT2D eigenvalue weighted by Gasteiger charge is 2.21. The Bertz CT molecular complexity index is 467. The van der Waals surface area contributed by atoms with Gasteiger partial charge < -0.3 is 11.1 Å². The minimum absolute atomic E-state index is 0. The van der Waals surface area contributed by atoms with Gasteiger partial charge >= 0.3 is 0 Å². The molecule has 0 spiro atoms. The number of amides is 1. The van der Waals surface area contributed by atoms with Gasteiger partial charge in [-0.1, -0.05) is 17.7 Å². The minimum Gasteiger partial charge on any atom is -0.326 e. The Labute approximate surface area is 127 Å². The van der Waals surface area contributed by atoms with Crippen molar-refractivity contribution < 1.29 is 4.79 Å². The first-order valence-corrected chi connectivity index (χ1v) is 6.81. The molecule has 20 heavy (non-hydrogen) atoms. The van der Waals surface area contributed by atoms with E-state index in [-0.39, 0.29) is 24.4 Å². The first-order valence-electron chi connectivity index (χ1n) is 6.81. The van der Waals surface area contributed by atoms with Gasteiger partial charge in [-0.3, -0.25) is 9.69 Å². The van der Waals surface area contributed by atoms with Gasteiger partial charge in [0.1, 0.15) is 0 Å². The van der Waals surface area contributed by atoms with Crippen LogP contribution in [0.25, 0.3) is 0 Å². The number of aryl methyl sites for hydroxylation is 3. The molecule has 0 aliphatic carbocycles. The molecular formula is C15H24ClN3O. The second kappa shape index (κ2) is 7.07. The second-order valence-electron chi connectivity index (χ2n) is 5.61. The summed E-state index contributed by atoms with van der Waals surface area (Å²) < 4.78 is 0. The zero-order valence-corrected chi connectivity index (χ0v) is 13.2. The predicted octanol–water partition coefficient (Wildman–Crippen LogP) is 2.01. The van der Waals surface area contributed by atoms with Crippen LogP contribution >= 0.6 is 12.4 Å². The third-order valence-corrected chi connectivity index (χ3v) is 3.62. The van der Waals surface area contributed by atoms with Gasteiger partial charge in [-0.2, -0.15) is 0 Å². The van der Waals surface area contributed by atoms with Crippen molar-refractivity contribution in [3.05, 3.63) is 28.8 Å². The van der Waals surface area contributed by atoms with E-state index in [2.05, 4.69) is 29.3 Å². The van der Waals surface area contributed by atoms with Crippen LogP contribution in [0.15, 0.2) is 12.1 Å². The first-order chi connectivity index (χ1) is 8.95. The van der Waals surface area contributed by atoms with Crippen molar-refractivity contribution in [2.24, 2.45) is 5.73 Å². The van der Waals surface area contributed by atoms with Crippen molar-refractivity contribution in [1.29, 1.82) is 0 Å². The van der Waals surface area contributed by atoms with E-state index in [1.54, 1.807) is 0 Å². The molecule has 1 atom stereocenters. The maximum absolute atomic E-state index is 12.1. The number of hydrogen-bond acceptors (Lipinski definition) is 3. The van der Waals surface area contributed by atoms with Crippen LogP contribution in [-0.4, -0.2) is 36.5 Å². The maximum Gasteiger partial charge on any atom is 0.238 e. The molecular weight excluding hydrogens is 274 g/mol. The highest BCUT2D eigenvalue weighted by molar-refractivity contribution is 5.93. The highest BCUT2D eigenvalue weighted by Crippen LogP contribution is 2.22. The van der Waals surface area contributed by atoms with E-state index in [1.807, 2.05) is 13.8 Å². The average molecular weight is 298 g/mol. The molecule has 0 bridgehead atoms. The summed E-state index contributed by atoms with van der Waals surface area (Å²) in [6.07, 6.45) is 0.982. The monoisotopic (exact) mass is 297 g/mol. The van der Waals surface area contributed by atoms with Gasteiger partial charge in [-0.15, -0.1) is 12.4 Å².